The van der Waals surface area contributed by atoms with Crippen LogP contribution < -0.4 is 5.32 Å². The van der Waals surface area contributed by atoms with Gasteiger partial charge in [0.15, 0.2) is 0 Å². The molecule has 1 nitrogen and oxygen atoms in total. The first-order chi connectivity index (χ1) is 6.94. The van der Waals surface area contributed by atoms with Gasteiger partial charge >= 0.3 is 0 Å². The minimum Gasteiger partial charge on any atom is -0.308 e. The van der Waals surface area contributed by atoms with Crippen molar-refractivity contribution in [3.63, 3.8) is 0 Å². The van der Waals surface area contributed by atoms with E-state index in [0.717, 1.165) is 23.0 Å². The van der Waals surface area contributed by atoms with Gasteiger partial charge in [0.1, 0.15) is 5.82 Å². The summed E-state index contributed by atoms with van der Waals surface area (Å²) < 4.78 is 13.7. The molecule has 3 heteroatoms. The predicted molar refractivity (Wildman–Crippen MR) is 65.3 cm³/mol. The second-order valence-electron chi connectivity index (χ2n) is 4.33. The number of nitrogens with one attached hydrogen (secondary N) is 1. The lowest BCUT2D eigenvalue weighted by Crippen LogP contribution is -2.37. The van der Waals surface area contributed by atoms with Crippen LogP contribution in [0.3, 0.4) is 0 Å². The molecule has 0 fully saturated rings. The van der Waals surface area contributed by atoms with Gasteiger partial charge in [-0.15, -0.1) is 0 Å². The molecule has 0 saturated heterocycles. The van der Waals surface area contributed by atoms with Gasteiger partial charge in [-0.3, -0.25) is 0 Å². The average molecular weight is 274 g/mol. The van der Waals surface area contributed by atoms with Crippen molar-refractivity contribution in [1.29, 1.82) is 0 Å². The van der Waals surface area contributed by atoms with Crippen LogP contribution in [0, 0.1) is 5.82 Å². The Morgan fingerprint density at radius 3 is 2.60 bits per heavy atom. The van der Waals surface area contributed by atoms with E-state index in [2.05, 4.69) is 42.0 Å². The van der Waals surface area contributed by atoms with Gasteiger partial charge in [-0.05, 0) is 38.0 Å². The Kier molecular flexibility index (Phi) is 4.29. The molecule has 0 amide bonds. The Labute approximate surface area is 99.2 Å². The molecule has 0 aliphatic rings. The molecule has 1 rings (SSSR count). The van der Waals surface area contributed by atoms with E-state index in [1.54, 1.807) is 6.07 Å². The molecule has 0 atom stereocenters. The van der Waals surface area contributed by atoms with Gasteiger partial charge in [-0.25, -0.2) is 4.39 Å². The summed E-state index contributed by atoms with van der Waals surface area (Å²) in [7, 11) is 0. The van der Waals surface area contributed by atoms with Gasteiger partial charge in [0.2, 0.25) is 0 Å². The molecule has 0 aliphatic heterocycles. The van der Waals surface area contributed by atoms with E-state index in [0.29, 0.717) is 0 Å². The first-order valence-corrected chi connectivity index (χ1v) is 5.93. The highest BCUT2D eigenvalue weighted by molar-refractivity contribution is 9.10. The maximum absolute atomic E-state index is 12.8. The molecule has 0 aliphatic carbocycles. The molecule has 0 saturated carbocycles. The van der Waals surface area contributed by atoms with Crippen molar-refractivity contribution in [2.75, 3.05) is 0 Å². The molecule has 0 bridgehead atoms. The highest BCUT2D eigenvalue weighted by atomic mass is 79.9. The Balaban J connectivity index is 2.66. The average Bonchev–Trinajstić information content (AvgIpc) is 2.16. The molecule has 1 aromatic carbocycles. The van der Waals surface area contributed by atoms with Crippen LogP contribution in [0.1, 0.15) is 32.8 Å². The Hall–Kier alpha value is -0.410. The third-order valence-corrected chi connectivity index (χ3v) is 3.39. The highest BCUT2D eigenvalue weighted by Crippen LogP contribution is 2.19. The molecule has 0 unspecified atom stereocenters. The summed E-state index contributed by atoms with van der Waals surface area (Å²) in [5.74, 6) is -0.208. The minimum absolute atomic E-state index is 0.119. The van der Waals surface area contributed by atoms with E-state index >= 15 is 0 Å². The first-order valence-electron chi connectivity index (χ1n) is 5.13. The van der Waals surface area contributed by atoms with Crippen LogP contribution in [0.15, 0.2) is 22.7 Å². The molecule has 1 N–H and O–H groups in total. The topological polar surface area (TPSA) is 12.0 Å². The van der Waals surface area contributed by atoms with Crippen molar-refractivity contribution in [1.82, 2.24) is 5.32 Å². The second kappa shape index (κ2) is 5.08. The van der Waals surface area contributed by atoms with Crippen molar-refractivity contribution < 1.29 is 4.39 Å². The van der Waals surface area contributed by atoms with E-state index in [1.165, 1.54) is 12.1 Å². The first kappa shape index (κ1) is 12.7. The number of hydrogen-bond acceptors (Lipinski definition) is 1. The Morgan fingerprint density at radius 2 is 2.07 bits per heavy atom. The molecule has 0 aromatic heterocycles. The second-order valence-corrected chi connectivity index (χ2v) is 5.18. The highest BCUT2D eigenvalue weighted by Gasteiger charge is 2.14. The Morgan fingerprint density at radius 1 is 1.40 bits per heavy atom. The lowest BCUT2D eigenvalue weighted by Gasteiger charge is -2.24. The maximum atomic E-state index is 12.8. The standard InChI is InChI=1S/C12H17BrFN/c1-4-12(2,3)15-8-9-5-6-10(14)7-11(9)13/h5-7,15H,4,8H2,1-3H3. The third-order valence-electron chi connectivity index (χ3n) is 2.66. The summed E-state index contributed by atoms with van der Waals surface area (Å²) in [6.07, 6.45) is 1.06. The molecule has 15 heavy (non-hydrogen) atoms. The number of rotatable bonds is 4. The summed E-state index contributed by atoms with van der Waals surface area (Å²) in [5, 5.41) is 3.43. The van der Waals surface area contributed by atoms with Crippen LogP contribution in [-0.2, 0) is 6.54 Å². The monoisotopic (exact) mass is 273 g/mol. The summed E-state index contributed by atoms with van der Waals surface area (Å²) >= 11 is 3.36. The van der Waals surface area contributed by atoms with Gasteiger partial charge in [-0.1, -0.05) is 28.9 Å². The van der Waals surface area contributed by atoms with Crippen molar-refractivity contribution in [2.24, 2.45) is 0 Å². The van der Waals surface area contributed by atoms with Crippen LogP contribution >= 0.6 is 15.9 Å². The summed E-state index contributed by atoms with van der Waals surface area (Å²) in [4.78, 5) is 0. The van der Waals surface area contributed by atoms with Crippen LogP contribution in [0.5, 0.6) is 0 Å². The van der Waals surface area contributed by atoms with E-state index < -0.39 is 0 Å². The largest absolute Gasteiger partial charge is 0.308 e. The fourth-order valence-electron chi connectivity index (χ4n) is 1.12. The zero-order valence-corrected chi connectivity index (χ0v) is 11.0. The normalized spacial score (nSPS) is 11.8. The summed E-state index contributed by atoms with van der Waals surface area (Å²) in [6, 6.07) is 4.79. The molecular weight excluding hydrogens is 257 g/mol. The number of benzene rings is 1. The maximum Gasteiger partial charge on any atom is 0.124 e. The van der Waals surface area contributed by atoms with Crippen LogP contribution in [-0.4, -0.2) is 5.54 Å². The zero-order chi connectivity index (χ0) is 11.5. The molecular formula is C12H17BrFN. The van der Waals surface area contributed by atoms with Crippen molar-refractivity contribution in [2.45, 2.75) is 39.3 Å². The lowest BCUT2D eigenvalue weighted by atomic mass is 10.0. The van der Waals surface area contributed by atoms with Gasteiger partial charge < -0.3 is 5.32 Å². The van der Waals surface area contributed by atoms with Gasteiger partial charge in [0.25, 0.3) is 0 Å². The molecule has 1 aromatic rings. The van der Waals surface area contributed by atoms with Gasteiger partial charge in [-0.2, -0.15) is 0 Å². The fourth-order valence-corrected chi connectivity index (χ4v) is 1.62. The quantitative estimate of drug-likeness (QED) is 0.879. The van der Waals surface area contributed by atoms with E-state index in [1.807, 2.05) is 0 Å². The lowest BCUT2D eigenvalue weighted by molar-refractivity contribution is 0.374. The summed E-state index contributed by atoms with van der Waals surface area (Å²) in [6.45, 7) is 7.21. The predicted octanol–water partition coefficient (Wildman–Crippen LogP) is 3.87. The van der Waals surface area contributed by atoms with Crippen molar-refractivity contribution >= 4 is 15.9 Å². The molecule has 0 heterocycles. The zero-order valence-electron chi connectivity index (χ0n) is 9.40. The number of halogens is 2. The van der Waals surface area contributed by atoms with Crippen molar-refractivity contribution in [3.8, 4) is 0 Å². The number of hydrogen-bond donors (Lipinski definition) is 1. The molecule has 0 spiro atoms. The molecule has 0 radical (unpaired) electrons. The smallest absolute Gasteiger partial charge is 0.124 e. The Bertz CT molecular complexity index is 336. The molecule has 84 valence electrons. The fraction of sp³-hybridized carbons (Fsp3) is 0.500. The van der Waals surface area contributed by atoms with Crippen LogP contribution in [0.4, 0.5) is 4.39 Å². The summed E-state index contributed by atoms with van der Waals surface area (Å²) in [5.41, 5.74) is 1.20. The van der Waals surface area contributed by atoms with E-state index in [9.17, 15) is 4.39 Å². The minimum atomic E-state index is -0.208. The van der Waals surface area contributed by atoms with Crippen molar-refractivity contribution in [3.05, 3.63) is 34.1 Å². The van der Waals surface area contributed by atoms with E-state index in [4.69, 9.17) is 0 Å². The van der Waals surface area contributed by atoms with Crippen LogP contribution in [0.2, 0.25) is 0 Å². The SMILES string of the molecule is CCC(C)(C)NCc1ccc(F)cc1Br. The van der Waals surface area contributed by atoms with E-state index in [-0.39, 0.29) is 11.4 Å². The van der Waals surface area contributed by atoms with Gasteiger partial charge in [0, 0.05) is 16.6 Å². The van der Waals surface area contributed by atoms with Gasteiger partial charge in [0.05, 0.1) is 0 Å². The van der Waals surface area contributed by atoms with Crippen LogP contribution in [0.25, 0.3) is 0 Å². The third kappa shape index (κ3) is 3.92.